The van der Waals surface area contributed by atoms with Crippen LogP contribution in [-0.4, -0.2) is 24.5 Å². The molecule has 0 aliphatic rings. The van der Waals surface area contributed by atoms with Crippen LogP contribution in [-0.2, 0) is 4.79 Å². The van der Waals surface area contributed by atoms with Gasteiger partial charge < -0.3 is 10.6 Å². The molecule has 0 radical (unpaired) electrons. The minimum Gasteiger partial charge on any atom is -0.356 e. The summed E-state index contributed by atoms with van der Waals surface area (Å²) >= 11 is 0. The van der Waals surface area contributed by atoms with E-state index in [2.05, 4.69) is 31.4 Å². The lowest BCUT2D eigenvalue weighted by Crippen LogP contribution is -2.36. The highest BCUT2D eigenvalue weighted by atomic mass is 16.1. The van der Waals surface area contributed by atoms with Crippen molar-refractivity contribution in [3.63, 3.8) is 0 Å². The third-order valence-corrected chi connectivity index (χ3v) is 1.90. The maximum Gasteiger partial charge on any atom is 0.219 e. The zero-order chi connectivity index (χ0) is 11.0. The molecule has 2 N–H and O–H groups in total. The van der Waals surface area contributed by atoms with E-state index in [1.54, 1.807) is 0 Å². The van der Waals surface area contributed by atoms with Gasteiger partial charge in [0.2, 0.25) is 5.91 Å². The topological polar surface area (TPSA) is 41.1 Å². The molecule has 0 saturated carbocycles. The van der Waals surface area contributed by atoms with Crippen LogP contribution in [0, 0.1) is 0 Å². The second-order valence-corrected chi connectivity index (χ2v) is 4.59. The van der Waals surface area contributed by atoms with E-state index >= 15 is 0 Å². The molecule has 0 fully saturated rings. The minimum absolute atomic E-state index is 0.147. The molecule has 0 saturated heterocycles. The molecule has 0 bridgehead atoms. The Bertz CT molecular complexity index is 161. The average Bonchev–Trinajstić information content (AvgIpc) is 2.08. The summed E-state index contributed by atoms with van der Waals surface area (Å²) in [5.74, 6) is 0.147. The van der Waals surface area contributed by atoms with Gasteiger partial charge in [0.1, 0.15) is 0 Å². The van der Waals surface area contributed by atoms with Gasteiger partial charge in [-0.1, -0.05) is 6.92 Å². The van der Waals surface area contributed by atoms with Crippen molar-refractivity contribution in [1.29, 1.82) is 0 Å². The van der Waals surface area contributed by atoms with Crippen molar-refractivity contribution in [2.75, 3.05) is 13.1 Å². The van der Waals surface area contributed by atoms with Crippen LogP contribution in [0.1, 0.15) is 47.0 Å². The molecule has 0 aromatic heterocycles. The third kappa shape index (κ3) is 9.52. The van der Waals surface area contributed by atoms with Crippen LogP contribution in [0.5, 0.6) is 0 Å². The van der Waals surface area contributed by atoms with Gasteiger partial charge >= 0.3 is 0 Å². The van der Waals surface area contributed by atoms with E-state index < -0.39 is 0 Å². The number of nitrogens with one attached hydrogen (secondary N) is 2. The summed E-state index contributed by atoms with van der Waals surface area (Å²) in [6.07, 6.45) is 2.75. The maximum atomic E-state index is 10.9. The van der Waals surface area contributed by atoms with Crippen LogP contribution in [0.4, 0.5) is 0 Å². The van der Waals surface area contributed by atoms with Crippen molar-refractivity contribution in [3.05, 3.63) is 0 Å². The summed E-state index contributed by atoms with van der Waals surface area (Å²) in [6.45, 7) is 10.2. The van der Waals surface area contributed by atoms with E-state index in [1.165, 1.54) is 0 Å². The molecule has 0 aromatic rings. The number of rotatable bonds is 6. The average molecular weight is 200 g/mol. The molecule has 0 spiro atoms. The Kier molecular flexibility index (Phi) is 6.54. The fourth-order valence-corrected chi connectivity index (χ4v) is 1.07. The van der Waals surface area contributed by atoms with Gasteiger partial charge in [0, 0.05) is 18.5 Å². The van der Waals surface area contributed by atoms with Gasteiger partial charge in [0.15, 0.2) is 0 Å². The van der Waals surface area contributed by atoms with Crippen LogP contribution in [0.2, 0.25) is 0 Å². The van der Waals surface area contributed by atoms with Gasteiger partial charge in [-0.2, -0.15) is 0 Å². The zero-order valence-corrected chi connectivity index (χ0v) is 9.94. The lowest BCUT2D eigenvalue weighted by Gasteiger charge is -2.20. The number of amides is 1. The van der Waals surface area contributed by atoms with Gasteiger partial charge in [0.25, 0.3) is 0 Å². The molecule has 3 heteroatoms. The quantitative estimate of drug-likeness (QED) is 0.641. The summed E-state index contributed by atoms with van der Waals surface area (Å²) in [4.78, 5) is 10.9. The highest BCUT2D eigenvalue weighted by molar-refractivity contribution is 5.75. The van der Waals surface area contributed by atoms with E-state index in [0.29, 0.717) is 6.42 Å². The van der Waals surface area contributed by atoms with Crippen molar-refractivity contribution in [1.82, 2.24) is 10.6 Å². The fourth-order valence-electron chi connectivity index (χ4n) is 1.07. The number of carbonyl (C=O) groups is 1. The molecular weight excluding hydrogens is 176 g/mol. The first-order chi connectivity index (χ1) is 6.45. The van der Waals surface area contributed by atoms with Gasteiger partial charge in [-0.25, -0.2) is 0 Å². The number of hydrogen-bond donors (Lipinski definition) is 2. The van der Waals surface area contributed by atoms with Crippen LogP contribution in [0.15, 0.2) is 0 Å². The van der Waals surface area contributed by atoms with Gasteiger partial charge in [-0.15, -0.1) is 0 Å². The Morgan fingerprint density at radius 1 is 1.14 bits per heavy atom. The van der Waals surface area contributed by atoms with Crippen molar-refractivity contribution in [3.8, 4) is 0 Å². The lowest BCUT2D eigenvalue weighted by atomic mass is 10.1. The largest absolute Gasteiger partial charge is 0.356 e. The summed E-state index contributed by atoms with van der Waals surface area (Å²) in [5.41, 5.74) is 0.201. The van der Waals surface area contributed by atoms with E-state index in [-0.39, 0.29) is 11.4 Å². The molecule has 84 valence electrons. The smallest absolute Gasteiger partial charge is 0.219 e. The van der Waals surface area contributed by atoms with E-state index in [9.17, 15) is 4.79 Å². The number of carbonyl (C=O) groups excluding carboxylic acids is 1. The molecule has 0 heterocycles. The van der Waals surface area contributed by atoms with Gasteiger partial charge in [0.05, 0.1) is 0 Å². The molecule has 0 rings (SSSR count). The molecule has 0 aliphatic carbocycles. The summed E-state index contributed by atoms with van der Waals surface area (Å²) < 4.78 is 0. The lowest BCUT2D eigenvalue weighted by molar-refractivity contribution is -0.120. The zero-order valence-electron chi connectivity index (χ0n) is 9.94. The highest BCUT2D eigenvalue weighted by Gasteiger charge is 2.06. The predicted octanol–water partition coefficient (Wildman–Crippen LogP) is 1.68. The first-order valence-corrected chi connectivity index (χ1v) is 5.47. The van der Waals surface area contributed by atoms with Crippen LogP contribution < -0.4 is 10.6 Å². The molecule has 0 aliphatic heterocycles. The Balaban J connectivity index is 3.18. The first-order valence-electron chi connectivity index (χ1n) is 5.47. The summed E-state index contributed by atoms with van der Waals surface area (Å²) in [5, 5.41) is 6.27. The van der Waals surface area contributed by atoms with Crippen LogP contribution >= 0.6 is 0 Å². The fraction of sp³-hybridized carbons (Fsp3) is 0.909. The Morgan fingerprint density at radius 2 is 1.71 bits per heavy atom. The van der Waals surface area contributed by atoms with Crippen LogP contribution in [0.3, 0.4) is 0 Å². The SMILES string of the molecule is CCC(=O)NCCCCNC(C)(C)C. The molecule has 0 aromatic carbocycles. The Hall–Kier alpha value is -0.570. The Morgan fingerprint density at radius 3 is 2.21 bits per heavy atom. The van der Waals surface area contributed by atoms with E-state index in [0.717, 1.165) is 25.9 Å². The minimum atomic E-state index is 0.147. The standard InChI is InChI=1S/C11H24N2O/c1-5-10(14)12-8-6-7-9-13-11(2,3)4/h13H,5-9H2,1-4H3,(H,12,14). The van der Waals surface area contributed by atoms with Crippen LogP contribution in [0.25, 0.3) is 0 Å². The second-order valence-electron chi connectivity index (χ2n) is 4.59. The summed E-state index contributed by atoms with van der Waals surface area (Å²) in [7, 11) is 0. The second kappa shape index (κ2) is 6.82. The number of unbranched alkanes of at least 4 members (excludes halogenated alkanes) is 1. The third-order valence-electron chi connectivity index (χ3n) is 1.90. The molecule has 3 nitrogen and oxygen atoms in total. The molecular formula is C11H24N2O. The first kappa shape index (κ1) is 13.4. The number of hydrogen-bond acceptors (Lipinski definition) is 2. The van der Waals surface area contributed by atoms with Crippen molar-refractivity contribution in [2.24, 2.45) is 0 Å². The van der Waals surface area contributed by atoms with Crippen molar-refractivity contribution >= 4 is 5.91 Å². The van der Waals surface area contributed by atoms with Gasteiger partial charge in [-0.05, 0) is 40.2 Å². The van der Waals surface area contributed by atoms with Crippen molar-refractivity contribution < 1.29 is 4.79 Å². The molecule has 1 amide bonds. The summed E-state index contributed by atoms with van der Waals surface area (Å²) in [6, 6.07) is 0. The predicted molar refractivity (Wildman–Crippen MR) is 60.3 cm³/mol. The normalized spacial score (nSPS) is 11.4. The van der Waals surface area contributed by atoms with E-state index in [4.69, 9.17) is 0 Å². The van der Waals surface area contributed by atoms with Crippen molar-refractivity contribution in [2.45, 2.75) is 52.5 Å². The van der Waals surface area contributed by atoms with Gasteiger partial charge in [-0.3, -0.25) is 4.79 Å². The Labute approximate surface area is 87.6 Å². The monoisotopic (exact) mass is 200 g/mol. The molecule has 0 unspecified atom stereocenters. The molecule has 14 heavy (non-hydrogen) atoms. The highest BCUT2D eigenvalue weighted by Crippen LogP contribution is 1.98. The molecule has 0 atom stereocenters. The van der Waals surface area contributed by atoms with E-state index in [1.807, 2.05) is 6.92 Å². The maximum absolute atomic E-state index is 10.9.